The van der Waals surface area contributed by atoms with Crippen molar-refractivity contribution in [2.24, 2.45) is 0 Å². The van der Waals surface area contributed by atoms with Crippen LogP contribution in [0.4, 0.5) is 5.82 Å². The zero-order valence-electron chi connectivity index (χ0n) is 13.7. The number of hydrogen-bond acceptors (Lipinski definition) is 2. The molecule has 1 aliphatic rings. The molecule has 21 heavy (non-hydrogen) atoms. The first-order valence-electron chi connectivity index (χ1n) is 7.75. The molecule has 0 radical (unpaired) electrons. The smallest absolute Gasteiger partial charge is 0.132 e. The second-order valence-corrected chi connectivity index (χ2v) is 7.30. The third-order valence-corrected chi connectivity index (χ3v) is 4.19. The maximum atomic E-state index is 6.50. The molecule has 1 heterocycles. The maximum absolute atomic E-state index is 6.50. The second kappa shape index (κ2) is 4.62. The highest BCUT2D eigenvalue weighted by Crippen LogP contribution is 2.44. The molecule has 3 heteroatoms. The Labute approximate surface area is 127 Å². The quantitative estimate of drug-likeness (QED) is 0.888. The van der Waals surface area contributed by atoms with Gasteiger partial charge in [0.2, 0.25) is 0 Å². The van der Waals surface area contributed by atoms with E-state index in [1.54, 1.807) is 0 Å². The lowest BCUT2D eigenvalue weighted by atomic mass is 10.0. The molecule has 1 aliphatic carbocycles. The number of hydrogen-bond donors (Lipinski definition) is 1. The zero-order chi connectivity index (χ0) is 15.4. The van der Waals surface area contributed by atoms with Crippen molar-refractivity contribution in [3.63, 3.8) is 0 Å². The molecule has 0 bridgehead atoms. The fraction of sp³-hybridized carbons (Fsp3) is 0.500. The molecule has 3 nitrogen and oxygen atoms in total. The van der Waals surface area contributed by atoms with Gasteiger partial charge in [-0.25, -0.2) is 4.98 Å². The first-order valence-corrected chi connectivity index (χ1v) is 7.75. The topological polar surface area (TPSA) is 43.8 Å². The highest BCUT2D eigenvalue weighted by molar-refractivity contribution is 5.74. The van der Waals surface area contributed by atoms with Gasteiger partial charge in [-0.15, -0.1) is 0 Å². The van der Waals surface area contributed by atoms with Crippen molar-refractivity contribution in [2.75, 3.05) is 5.73 Å². The van der Waals surface area contributed by atoms with Crippen LogP contribution < -0.4 is 5.73 Å². The van der Waals surface area contributed by atoms with E-state index in [2.05, 4.69) is 57.4 Å². The summed E-state index contributed by atoms with van der Waals surface area (Å²) in [7, 11) is 0. The lowest BCUT2D eigenvalue weighted by molar-refractivity contribution is 0.388. The zero-order valence-corrected chi connectivity index (χ0v) is 13.7. The molecular formula is C18H25N3. The molecule has 1 aromatic carbocycles. The number of aryl methyl sites for hydroxylation is 2. The summed E-state index contributed by atoms with van der Waals surface area (Å²) in [6.45, 7) is 10.8. The van der Waals surface area contributed by atoms with Crippen molar-refractivity contribution in [2.45, 2.75) is 58.9 Å². The summed E-state index contributed by atoms with van der Waals surface area (Å²) in [6.07, 6.45) is 2.47. The SMILES string of the molecule is Cc1ccc(-c2nc(C3CC3)n(C(C)(C)C)c2N)c(C)c1. The fourth-order valence-corrected chi connectivity index (χ4v) is 3.05. The van der Waals surface area contributed by atoms with Gasteiger partial charge in [-0.05, 0) is 53.0 Å². The lowest BCUT2D eigenvalue weighted by Crippen LogP contribution is -2.25. The van der Waals surface area contributed by atoms with Gasteiger partial charge in [0.1, 0.15) is 17.3 Å². The van der Waals surface area contributed by atoms with Crippen molar-refractivity contribution in [3.8, 4) is 11.3 Å². The summed E-state index contributed by atoms with van der Waals surface area (Å²) >= 11 is 0. The minimum absolute atomic E-state index is 0.0359. The van der Waals surface area contributed by atoms with Gasteiger partial charge in [0.15, 0.2) is 0 Å². The van der Waals surface area contributed by atoms with Crippen molar-refractivity contribution < 1.29 is 0 Å². The number of nitrogens with zero attached hydrogens (tertiary/aromatic N) is 2. The Bertz CT molecular complexity index is 685. The molecule has 112 valence electrons. The van der Waals surface area contributed by atoms with Crippen LogP contribution >= 0.6 is 0 Å². The fourth-order valence-electron chi connectivity index (χ4n) is 3.05. The number of imidazole rings is 1. The van der Waals surface area contributed by atoms with Crippen LogP contribution in [-0.2, 0) is 5.54 Å². The molecule has 1 aromatic heterocycles. The first-order chi connectivity index (χ1) is 9.79. The molecule has 0 unspecified atom stereocenters. The Morgan fingerprint density at radius 1 is 1.19 bits per heavy atom. The predicted octanol–water partition coefficient (Wildman–Crippen LogP) is 4.38. The number of aromatic nitrogens is 2. The Hall–Kier alpha value is -1.77. The van der Waals surface area contributed by atoms with E-state index < -0.39 is 0 Å². The minimum Gasteiger partial charge on any atom is -0.383 e. The van der Waals surface area contributed by atoms with E-state index in [4.69, 9.17) is 10.7 Å². The van der Waals surface area contributed by atoms with E-state index >= 15 is 0 Å². The summed E-state index contributed by atoms with van der Waals surface area (Å²) in [4.78, 5) is 4.94. The van der Waals surface area contributed by atoms with Crippen LogP contribution in [0.3, 0.4) is 0 Å². The number of nitrogens with two attached hydrogens (primary N) is 1. The van der Waals surface area contributed by atoms with Crippen molar-refractivity contribution in [3.05, 3.63) is 35.2 Å². The second-order valence-electron chi connectivity index (χ2n) is 7.30. The predicted molar refractivity (Wildman–Crippen MR) is 88.5 cm³/mol. The Morgan fingerprint density at radius 2 is 1.86 bits per heavy atom. The van der Waals surface area contributed by atoms with Gasteiger partial charge in [-0.1, -0.05) is 23.8 Å². The third-order valence-electron chi connectivity index (χ3n) is 4.19. The van der Waals surface area contributed by atoms with Crippen LogP contribution in [0.25, 0.3) is 11.3 Å². The summed E-state index contributed by atoms with van der Waals surface area (Å²) in [6, 6.07) is 6.48. The molecule has 1 fully saturated rings. The number of anilines is 1. The standard InChI is InChI=1S/C18H25N3/c1-11-6-9-14(12(2)10-11)15-16(19)21(18(3,4)5)17(20-15)13-7-8-13/h6,9-10,13H,7-8,19H2,1-5H3. The van der Waals surface area contributed by atoms with Crippen LogP contribution in [0, 0.1) is 13.8 Å². The van der Waals surface area contributed by atoms with Crippen molar-refractivity contribution >= 4 is 5.82 Å². The van der Waals surface area contributed by atoms with E-state index in [-0.39, 0.29) is 5.54 Å². The summed E-state index contributed by atoms with van der Waals surface area (Å²) in [5, 5.41) is 0. The molecule has 2 N–H and O–H groups in total. The van der Waals surface area contributed by atoms with E-state index in [1.807, 2.05) is 0 Å². The average molecular weight is 283 g/mol. The van der Waals surface area contributed by atoms with Gasteiger partial charge >= 0.3 is 0 Å². The highest BCUT2D eigenvalue weighted by atomic mass is 15.2. The van der Waals surface area contributed by atoms with Crippen LogP contribution in [0.2, 0.25) is 0 Å². The molecule has 0 amide bonds. The molecular weight excluding hydrogens is 258 g/mol. The molecule has 1 saturated carbocycles. The van der Waals surface area contributed by atoms with Crippen LogP contribution in [0.1, 0.15) is 56.5 Å². The summed E-state index contributed by atoms with van der Waals surface area (Å²) in [5.41, 5.74) is 11.1. The number of nitrogen functional groups attached to an aromatic ring is 1. The summed E-state index contributed by atoms with van der Waals surface area (Å²) in [5.74, 6) is 2.55. The number of benzene rings is 1. The van der Waals surface area contributed by atoms with Gasteiger partial charge in [0.05, 0.1) is 0 Å². The van der Waals surface area contributed by atoms with Gasteiger partial charge in [-0.2, -0.15) is 0 Å². The third kappa shape index (κ3) is 2.45. The molecule has 3 rings (SSSR count). The Balaban J connectivity index is 2.20. The molecule has 0 saturated heterocycles. The normalized spacial score (nSPS) is 15.5. The molecule has 2 aromatic rings. The van der Waals surface area contributed by atoms with Gasteiger partial charge in [0, 0.05) is 17.0 Å². The largest absolute Gasteiger partial charge is 0.383 e. The first kappa shape index (κ1) is 14.2. The van der Waals surface area contributed by atoms with Crippen molar-refractivity contribution in [1.82, 2.24) is 9.55 Å². The molecule has 0 aliphatic heterocycles. The number of rotatable bonds is 2. The van der Waals surface area contributed by atoms with Crippen LogP contribution in [0.15, 0.2) is 18.2 Å². The lowest BCUT2D eigenvalue weighted by Gasteiger charge is -2.25. The van der Waals surface area contributed by atoms with E-state index in [9.17, 15) is 0 Å². The van der Waals surface area contributed by atoms with Crippen LogP contribution in [-0.4, -0.2) is 9.55 Å². The monoisotopic (exact) mass is 283 g/mol. The van der Waals surface area contributed by atoms with Crippen molar-refractivity contribution in [1.29, 1.82) is 0 Å². The average Bonchev–Trinajstić information content (AvgIpc) is 3.13. The minimum atomic E-state index is -0.0359. The summed E-state index contributed by atoms with van der Waals surface area (Å²) < 4.78 is 2.24. The highest BCUT2D eigenvalue weighted by Gasteiger charge is 2.34. The van der Waals surface area contributed by atoms with Gasteiger partial charge in [0.25, 0.3) is 0 Å². The van der Waals surface area contributed by atoms with Gasteiger partial charge < -0.3 is 10.3 Å². The maximum Gasteiger partial charge on any atom is 0.132 e. The van der Waals surface area contributed by atoms with E-state index in [1.165, 1.54) is 24.0 Å². The Kier molecular flexibility index (Phi) is 3.12. The molecule has 0 spiro atoms. The van der Waals surface area contributed by atoms with Gasteiger partial charge in [-0.3, -0.25) is 0 Å². The Morgan fingerprint density at radius 3 is 2.38 bits per heavy atom. The van der Waals surface area contributed by atoms with E-state index in [0.717, 1.165) is 22.9 Å². The van der Waals surface area contributed by atoms with Crippen LogP contribution in [0.5, 0.6) is 0 Å². The molecule has 0 atom stereocenters. The van der Waals surface area contributed by atoms with E-state index in [0.29, 0.717) is 5.92 Å².